The molecule has 1 heterocycles. The van der Waals surface area contributed by atoms with Gasteiger partial charge in [0.05, 0.1) is 16.7 Å². The fraction of sp³-hybridized carbons (Fsp3) is 0.458. The normalized spacial score (nSPS) is 21.0. The Labute approximate surface area is 186 Å². The molecule has 4 nitrogen and oxygen atoms in total. The highest BCUT2D eigenvalue weighted by molar-refractivity contribution is 6.32. The first-order valence-electron chi connectivity index (χ1n) is 10.8. The quantitative estimate of drug-likeness (QED) is 0.587. The first-order chi connectivity index (χ1) is 14.9. The number of ether oxygens (including phenoxy) is 1. The third-order valence-corrected chi connectivity index (χ3v) is 6.61. The van der Waals surface area contributed by atoms with Crippen LogP contribution in [0.4, 0.5) is 8.78 Å². The molecule has 0 radical (unpaired) electrons. The molecule has 31 heavy (non-hydrogen) atoms. The Morgan fingerprint density at radius 2 is 1.87 bits per heavy atom. The van der Waals surface area contributed by atoms with Crippen LogP contribution in [-0.2, 0) is 6.54 Å². The lowest BCUT2D eigenvalue weighted by atomic mass is 9.82. The van der Waals surface area contributed by atoms with Crippen molar-refractivity contribution in [1.82, 2.24) is 9.80 Å². The molecule has 1 saturated heterocycles. The SMILES string of the molecule is CN(CC1CC(Oc2cccc(CN3CCCC3)c2Cl)C1)C(=O)c1cccc(F)c1F. The number of hydrogen-bond acceptors (Lipinski definition) is 3. The van der Waals surface area contributed by atoms with Gasteiger partial charge in [-0.05, 0) is 68.5 Å². The van der Waals surface area contributed by atoms with Crippen LogP contribution in [-0.4, -0.2) is 48.5 Å². The predicted octanol–water partition coefficient (Wildman–Crippen LogP) is 5.14. The van der Waals surface area contributed by atoms with Crippen molar-refractivity contribution < 1.29 is 18.3 Å². The van der Waals surface area contributed by atoms with Crippen LogP contribution in [0.3, 0.4) is 0 Å². The zero-order chi connectivity index (χ0) is 22.0. The number of amides is 1. The first kappa shape index (κ1) is 22.0. The largest absolute Gasteiger partial charge is 0.489 e. The summed E-state index contributed by atoms with van der Waals surface area (Å²) in [5.74, 6) is -1.67. The van der Waals surface area contributed by atoms with Crippen LogP contribution in [0.5, 0.6) is 5.75 Å². The van der Waals surface area contributed by atoms with Crippen LogP contribution < -0.4 is 4.74 Å². The van der Waals surface area contributed by atoms with Gasteiger partial charge in [0.1, 0.15) is 5.75 Å². The number of rotatable bonds is 7. The fourth-order valence-electron chi connectivity index (χ4n) is 4.40. The van der Waals surface area contributed by atoms with Crippen molar-refractivity contribution in [2.75, 3.05) is 26.7 Å². The molecule has 0 unspecified atom stereocenters. The summed E-state index contributed by atoms with van der Waals surface area (Å²) in [6, 6.07) is 9.57. The van der Waals surface area contributed by atoms with Crippen molar-refractivity contribution in [3.8, 4) is 5.75 Å². The van der Waals surface area contributed by atoms with Gasteiger partial charge in [-0.15, -0.1) is 0 Å². The van der Waals surface area contributed by atoms with E-state index >= 15 is 0 Å². The van der Waals surface area contributed by atoms with Crippen molar-refractivity contribution in [3.63, 3.8) is 0 Å². The molecule has 1 amide bonds. The smallest absolute Gasteiger partial charge is 0.256 e. The van der Waals surface area contributed by atoms with Crippen molar-refractivity contribution in [1.29, 1.82) is 0 Å². The Morgan fingerprint density at radius 3 is 2.61 bits per heavy atom. The van der Waals surface area contributed by atoms with Gasteiger partial charge in [0.25, 0.3) is 5.91 Å². The van der Waals surface area contributed by atoms with Gasteiger partial charge in [-0.2, -0.15) is 0 Å². The second-order valence-corrected chi connectivity index (χ2v) is 8.95. The second kappa shape index (κ2) is 9.53. The standard InChI is InChI=1S/C24H27ClF2N2O2/c1-28(24(30)19-7-5-8-20(26)23(19)27)14-16-12-18(13-16)31-21-9-4-6-17(22(21)25)15-29-10-2-3-11-29/h4-9,16,18H,2-3,10-15H2,1H3. The van der Waals surface area contributed by atoms with Crippen molar-refractivity contribution in [2.24, 2.45) is 5.92 Å². The molecule has 0 atom stereocenters. The highest BCUT2D eigenvalue weighted by Gasteiger charge is 2.33. The van der Waals surface area contributed by atoms with E-state index in [0.717, 1.165) is 44.1 Å². The average Bonchev–Trinajstić information content (AvgIpc) is 3.23. The van der Waals surface area contributed by atoms with Gasteiger partial charge in [0.15, 0.2) is 11.6 Å². The van der Waals surface area contributed by atoms with Gasteiger partial charge in [-0.1, -0.05) is 29.8 Å². The van der Waals surface area contributed by atoms with Gasteiger partial charge in [0.2, 0.25) is 0 Å². The molecular formula is C24H27ClF2N2O2. The van der Waals surface area contributed by atoms with E-state index in [1.807, 2.05) is 18.2 Å². The number of hydrogen-bond donors (Lipinski definition) is 0. The number of benzene rings is 2. The Bertz CT molecular complexity index is 943. The minimum atomic E-state index is -1.10. The summed E-state index contributed by atoms with van der Waals surface area (Å²) in [5.41, 5.74) is 0.843. The van der Waals surface area contributed by atoms with E-state index in [1.165, 1.54) is 29.9 Å². The Kier molecular flexibility index (Phi) is 6.77. The van der Waals surface area contributed by atoms with Gasteiger partial charge in [-0.25, -0.2) is 8.78 Å². The van der Waals surface area contributed by atoms with Crippen LogP contribution in [0.1, 0.15) is 41.6 Å². The molecule has 2 aliphatic rings. The number of halogens is 3. The summed E-state index contributed by atoms with van der Waals surface area (Å²) in [4.78, 5) is 16.3. The maximum atomic E-state index is 13.9. The summed E-state index contributed by atoms with van der Waals surface area (Å²) in [6.07, 6.45) is 4.09. The summed E-state index contributed by atoms with van der Waals surface area (Å²) >= 11 is 6.60. The predicted molar refractivity (Wildman–Crippen MR) is 116 cm³/mol. The van der Waals surface area contributed by atoms with Crippen LogP contribution in [0.2, 0.25) is 5.02 Å². The Morgan fingerprint density at radius 1 is 1.16 bits per heavy atom. The third kappa shape index (κ3) is 5.01. The maximum Gasteiger partial charge on any atom is 0.256 e. The lowest BCUT2D eigenvalue weighted by molar-refractivity contribution is 0.0417. The maximum absolute atomic E-state index is 13.9. The van der Waals surface area contributed by atoms with Crippen LogP contribution >= 0.6 is 11.6 Å². The summed E-state index contributed by atoms with van der Waals surface area (Å²) in [5, 5.41) is 0.673. The molecule has 7 heteroatoms. The number of carbonyl (C=O) groups is 1. The molecule has 2 aromatic rings. The number of nitrogens with zero attached hydrogens (tertiary/aromatic N) is 2. The molecular weight excluding hydrogens is 422 g/mol. The molecule has 1 aliphatic carbocycles. The summed E-state index contributed by atoms with van der Waals surface area (Å²) < 4.78 is 33.4. The molecule has 1 aliphatic heterocycles. The van der Waals surface area contributed by atoms with Crippen molar-refractivity contribution in [2.45, 2.75) is 38.3 Å². The van der Waals surface area contributed by atoms with E-state index in [-0.39, 0.29) is 17.6 Å². The van der Waals surface area contributed by atoms with Gasteiger partial charge < -0.3 is 9.64 Å². The van der Waals surface area contributed by atoms with Gasteiger partial charge >= 0.3 is 0 Å². The van der Waals surface area contributed by atoms with E-state index < -0.39 is 17.5 Å². The molecule has 2 aromatic carbocycles. The second-order valence-electron chi connectivity index (χ2n) is 8.58. The van der Waals surface area contributed by atoms with E-state index in [4.69, 9.17) is 16.3 Å². The fourth-order valence-corrected chi connectivity index (χ4v) is 4.63. The van der Waals surface area contributed by atoms with E-state index in [2.05, 4.69) is 4.90 Å². The molecule has 4 rings (SSSR count). The molecule has 0 bridgehead atoms. The van der Waals surface area contributed by atoms with E-state index in [9.17, 15) is 13.6 Å². The molecule has 166 valence electrons. The monoisotopic (exact) mass is 448 g/mol. The molecule has 2 fully saturated rings. The minimum Gasteiger partial charge on any atom is -0.489 e. The van der Waals surface area contributed by atoms with Crippen molar-refractivity contribution in [3.05, 3.63) is 64.2 Å². The topological polar surface area (TPSA) is 32.8 Å². The molecule has 0 N–H and O–H groups in total. The van der Waals surface area contributed by atoms with Crippen LogP contribution in [0, 0.1) is 17.6 Å². The van der Waals surface area contributed by atoms with Gasteiger partial charge in [0, 0.05) is 20.1 Å². The van der Waals surface area contributed by atoms with Crippen LogP contribution in [0.15, 0.2) is 36.4 Å². The Hall–Kier alpha value is -2.18. The Balaban J connectivity index is 1.28. The van der Waals surface area contributed by atoms with Crippen molar-refractivity contribution >= 4 is 17.5 Å². The summed E-state index contributed by atoms with van der Waals surface area (Å²) in [7, 11) is 1.61. The van der Waals surface area contributed by atoms with Gasteiger partial charge in [-0.3, -0.25) is 9.69 Å². The minimum absolute atomic E-state index is 0.0407. The highest BCUT2D eigenvalue weighted by Crippen LogP contribution is 2.36. The lowest BCUT2D eigenvalue weighted by Crippen LogP contribution is -2.42. The summed E-state index contributed by atoms with van der Waals surface area (Å²) in [6.45, 7) is 3.53. The molecule has 0 aromatic heterocycles. The molecule has 0 spiro atoms. The zero-order valence-electron chi connectivity index (χ0n) is 17.6. The van der Waals surface area contributed by atoms with E-state index in [1.54, 1.807) is 7.05 Å². The average molecular weight is 449 g/mol. The number of carbonyl (C=O) groups excluding carboxylic acids is 1. The van der Waals surface area contributed by atoms with Crippen LogP contribution in [0.25, 0.3) is 0 Å². The lowest BCUT2D eigenvalue weighted by Gasteiger charge is -2.37. The third-order valence-electron chi connectivity index (χ3n) is 6.18. The molecule has 1 saturated carbocycles. The number of likely N-dealkylation sites (tertiary alicyclic amines) is 1. The highest BCUT2D eigenvalue weighted by atomic mass is 35.5. The first-order valence-corrected chi connectivity index (χ1v) is 11.2. The zero-order valence-corrected chi connectivity index (χ0v) is 18.4. The van der Waals surface area contributed by atoms with E-state index in [0.29, 0.717) is 17.3 Å².